The number of tetrazole rings is 1. The second-order valence-electron chi connectivity index (χ2n) is 4.26. The zero-order valence-corrected chi connectivity index (χ0v) is 12.4. The first-order chi connectivity index (χ1) is 10.7. The van der Waals surface area contributed by atoms with Gasteiger partial charge in [0.2, 0.25) is 11.7 Å². The van der Waals surface area contributed by atoms with Gasteiger partial charge in [0.25, 0.3) is 0 Å². The number of benzene rings is 1. The number of thiazole rings is 1. The number of hydrogen-bond acceptors (Lipinski definition) is 7. The van der Waals surface area contributed by atoms with E-state index in [0.29, 0.717) is 16.7 Å². The molecule has 0 radical (unpaired) electrons. The second kappa shape index (κ2) is 6.31. The van der Waals surface area contributed by atoms with Crippen molar-refractivity contribution < 1.29 is 9.53 Å². The van der Waals surface area contributed by atoms with Gasteiger partial charge in [0.05, 0.1) is 7.11 Å². The molecule has 112 valence electrons. The number of methoxy groups -OCH3 is 1. The summed E-state index contributed by atoms with van der Waals surface area (Å²) in [4.78, 5) is 17.0. The highest BCUT2D eigenvalue weighted by atomic mass is 32.1. The van der Waals surface area contributed by atoms with Crippen molar-refractivity contribution in [2.75, 3.05) is 12.4 Å². The number of carbonyl (C=O) groups excluding carboxylic acids is 1. The second-order valence-corrected chi connectivity index (χ2v) is 5.16. The lowest BCUT2D eigenvalue weighted by Crippen LogP contribution is -2.20. The number of ether oxygens (including phenoxy) is 1. The van der Waals surface area contributed by atoms with Crippen LogP contribution in [0.5, 0.6) is 5.75 Å². The Bertz CT molecular complexity index is 770. The lowest BCUT2D eigenvalue weighted by molar-refractivity contribution is -0.117. The van der Waals surface area contributed by atoms with Crippen LogP contribution in [0.3, 0.4) is 0 Å². The molecule has 0 saturated carbocycles. The highest BCUT2D eigenvalue weighted by Crippen LogP contribution is 2.19. The number of aromatic nitrogens is 5. The molecule has 1 N–H and O–H groups in total. The highest BCUT2D eigenvalue weighted by molar-refractivity contribution is 7.13. The summed E-state index contributed by atoms with van der Waals surface area (Å²) in [5, 5.41) is 17.0. The van der Waals surface area contributed by atoms with E-state index in [2.05, 4.69) is 25.7 Å². The van der Waals surface area contributed by atoms with Crippen LogP contribution in [0.2, 0.25) is 0 Å². The van der Waals surface area contributed by atoms with Crippen molar-refractivity contribution >= 4 is 22.4 Å². The van der Waals surface area contributed by atoms with Gasteiger partial charge in [-0.1, -0.05) is 12.1 Å². The molecule has 2 aromatic heterocycles. The van der Waals surface area contributed by atoms with Gasteiger partial charge in [0.15, 0.2) is 5.13 Å². The van der Waals surface area contributed by atoms with Crippen molar-refractivity contribution in [1.82, 2.24) is 25.2 Å². The van der Waals surface area contributed by atoms with Gasteiger partial charge < -0.3 is 10.1 Å². The van der Waals surface area contributed by atoms with E-state index < -0.39 is 0 Å². The molecule has 0 atom stereocenters. The average molecular weight is 316 g/mol. The fourth-order valence-corrected chi connectivity index (χ4v) is 2.31. The summed E-state index contributed by atoms with van der Waals surface area (Å²) in [5.74, 6) is 0.876. The summed E-state index contributed by atoms with van der Waals surface area (Å²) in [6.45, 7) is -0.0312. The molecule has 0 bridgehead atoms. The van der Waals surface area contributed by atoms with Crippen LogP contribution in [0.15, 0.2) is 35.8 Å². The van der Waals surface area contributed by atoms with Crippen molar-refractivity contribution in [3.05, 3.63) is 35.8 Å². The maximum Gasteiger partial charge on any atom is 0.249 e. The molecule has 0 spiro atoms. The predicted octanol–water partition coefficient (Wildman–Crippen LogP) is 1.44. The van der Waals surface area contributed by atoms with Crippen LogP contribution < -0.4 is 10.1 Å². The Morgan fingerprint density at radius 2 is 2.36 bits per heavy atom. The quantitative estimate of drug-likeness (QED) is 0.765. The predicted molar refractivity (Wildman–Crippen MR) is 80.5 cm³/mol. The van der Waals surface area contributed by atoms with Gasteiger partial charge in [0.1, 0.15) is 12.3 Å². The third kappa shape index (κ3) is 3.26. The lowest BCUT2D eigenvalue weighted by atomic mass is 10.2. The molecule has 1 aromatic carbocycles. The largest absolute Gasteiger partial charge is 0.497 e. The van der Waals surface area contributed by atoms with E-state index in [-0.39, 0.29) is 12.5 Å². The third-order valence-electron chi connectivity index (χ3n) is 2.74. The number of rotatable bonds is 5. The number of hydrogen-bond donors (Lipinski definition) is 1. The van der Waals surface area contributed by atoms with Gasteiger partial charge in [-0.2, -0.15) is 4.80 Å². The Morgan fingerprint density at radius 1 is 1.45 bits per heavy atom. The van der Waals surface area contributed by atoms with Crippen LogP contribution in [0.4, 0.5) is 5.13 Å². The maximum absolute atomic E-state index is 11.8. The topological polar surface area (TPSA) is 94.8 Å². The standard InChI is InChI=1S/C13H12N6O2S/c1-21-10-4-2-3-9(7-10)12-16-18-19(17-12)8-11(20)15-13-14-5-6-22-13/h2-7H,8H2,1H3,(H,14,15,20). The lowest BCUT2D eigenvalue weighted by Gasteiger charge is -2.01. The fraction of sp³-hybridized carbons (Fsp3) is 0.154. The van der Waals surface area contributed by atoms with Gasteiger partial charge >= 0.3 is 0 Å². The summed E-state index contributed by atoms with van der Waals surface area (Å²) in [5.41, 5.74) is 0.769. The SMILES string of the molecule is COc1cccc(-c2nnn(CC(=O)Nc3nccs3)n2)c1. The number of carbonyl (C=O) groups is 1. The molecule has 3 rings (SSSR count). The van der Waals surface area contributed by atoms with Crippen LogP contribution in [0, 0.1) is 0 Å². The van der Waals surface area contributed by atoms with E-state index in [1.54, 1.807) is 24.8 Å². The molecule has 22 heavy (non-hydrogen) atoms. The Balaban J connectivity index is 1.69. The molecule has 1 amide bonds. The number of nitrogens with one attached hydrogen (secondary N) is 1. The molecule has 8 nitrogen and oxygen atoms in total. The van der Waals surface area contributed by atoms with E-state index in [0.717, 1.165) is 5.56 Å². The molecule has 0 aliphatic heterocycles. The summed E-state index contributed by atoms with van der Waals surface area (Å²) < 4.78 is 5.15. The van der Waals surface area contributed by atoms with Crippen molar-refractivity contribution in [2.45, 2.75) is 6.54 Å². The van der Waals surface area contributed by atoms with Gasteiger partial charge in [-0.3, -0.25) is 4.79 Å². The first-order valence-corrected chi connectivity index (χ1v) is 7.24. The van der Waals surface area contributed by atoms with Crippen molar-refractivity contribution in [3.63, 3.8) is 0 Å². The number of nitrogens with zero attached hydrogens (tertiary/aromatic N) is 5. The summed E-state index contributed by atoms with van der Waals surface area (Å²) in [6, 6.07) is 7.32. The van der Waals surface area contributed by atoms with Crippen molar-refractivity contribution in [2.24, 2.45) is 0 Å². The Morgan fingerprint density at radius 3 is 3.14 bits per heavy atom. The molecule has 0 saturated heterocycles. The van der Waals surface area contributed by atoms with E-state index >= 15 is 0 Å². The van der Waals surface area contributed by atoms with E-state index in [4.69, 9.17) is 4.74 Å². The number of anilines is 1. The smallest absolute Gasteiger partial charge is 0.249 e. The van der Waals surface area contributed by atoms with E-state index in [1.807, 2.05) is 18.2 Å². The molecular weight excluding hydrogens is 304 g/mol. The average Bonchev–Trinajstić information content (AvgIpc) is 3.19. The first-order valence-electron chi connectivity index (χ1n) is 6.36. The van der Waals surface area contributed by atoms with Gasteiger partial charge in [-0.05, 0) is 17.3 Å². The minimum absolute atomic E-state index is 0.0312. The molecule has 0 aliphatic carbocycles. The summed E-state index contributed by atoms with van der Waals surface area (Å²) in [6.07, 6.45) is 1.62. The van der Waals surface area contributed by atoms with Crippen LogP contribution >= 0.6 is 11.3 Å². The molecule has 0 aliphatic rings. The van der Waals surface area contributed by atoms with E-state index in [1.165, 1.54) is 16.1 Å². The molecule has 0 unspecified atom stereocenters. The first kappa shape index (κ1) is 14.1. The number of amides is 1. The zero-order valence-electron chi connectivity index (χ0n) is 11.6. The molecule has 9 heteroatoms. The van der Waals surface area contributed by atoms with Crippen LogP contribution in [-0.4, -0.2) is 38.2 Å². The molecule has 3 aromatic rings. The highest BCUT2D eigenvalue weighted by Gasteiger charge is 2.10. The Kier molecular flexibility index (Phi) is 4.05. The summed E-state index contributed by atoms with van der Waals surface area (Å²) in [7, 11) is 1.59. The monoisotopic (exact) mass is 316 g/mol. The third-order valence-corrected chi connectivity index (χ3v) is 3.43. The van der Waals surface area contributed by atoms with Crippen LogP contribution in [-0.2, 0) is 11.3 Å². The van der Waals surface area contributed by atoms with Gasteiger partial charge in [-0.15, -0.1) is 21.5 Å². The minimum atomic E-state index is -0.260. The van der Waals surface area contributed by atoms with Crippen molar-refractivity contribution in [3.8, 4) is 17.1 Å². The Labute approximate surface area is 129 Å². The van der Waals surface area contributed by atoms with E-state index in [9.17, 15) is 4.79 Å². The fourth-order valence-electron chi connectivity index (χ4n) is 1.76. The molecule has 2 heterocycles. The van der Waals surface area contributed by atoms with Crippen LogP contribution in [0.1, 0.15) is 0 Å². The zero-order chi connectivity index (χ0) is 15.4. The minimum Gasteiger partial charge on any atom is -0.497 e. The van der Waals surface area contributed by atoms with Gasteiger partial charge in [-0.25, -0.2) is 4.98 Å². The van der Waals surface area contributed by atoms with Gasteiger partial charge in [0, 0.05) is 17.1 Å². The normalized spacial score (nSPS) is 10.4. The molecular formula is C13H12N6O2S. The molecule has 0 fully saturated rings. The van der Waals surface area contributed by atoms with Crippen molar-refractivity contribution in [1.29, 1.82) is 0 Å². The summed E-state index contributed by atoms with van der Waals surface area (Å²) >= 11 is 1.35. The Hall–Kier alpha value is -2.81. The van der Waals surface area contributed by atoms with Crippen LogP contribution in [0.25, 0.3) is 11.4 Å². The maximum atomic E-state index is 11.8.